The van der Waals surface area contributed by atoms with Crippen molar-refractivity contribution in [3.05, 3.63) is 58.1 Å². The fourth-order valence-electron chi connectivity index (χ4n) is 2.15. The summed E-state index contributed by atoms with van der Waals surface area (Å²) in [6.45, 7) is 1.71. The first-order chi connectivity index (χ1) is 12.4. The van der Waals surface area contributed by atoms with E-state index < -0.39 is 5.97 Å². The Kier molecular flexibility index (Phi) is 6.80. The molecule has 2 N–H and O–H groups in total. The van der Waals surface area contributed by atoms with E-state index in [0.29, 0.717) is 21.5 Å². The Hall–Kier alpha value is -2.80. The Labute approximate surface area is 159 Å². The van der Waals surface area contributed by atoms with Gasteiger partial charge in [0.15, 0.2) is 18.1 Å². The van der Waals surface area contributed by atoms with Gasteiger partial charge in [-0.25, -0.2) is 4.79 Å². The van der Waals surface area contributed by atoms with Gasteiger partial charge in [0.05, 0.1) is 7.11 Å². The van der Waals surface area contributed by atoms with Crippen molar-refractivity contribution in [2.75, 3.05) is 19.0 Å². The van der Waals surface area contributed by atoms with Crippen LogP contribution in [-0.2, 0) is 9.59 Å². The van der Waals surface area contributed by atoms with Crippen LogP contribution in [0.2, 0.25) is 0 Å². The van der Waals surface area contributed by atoms with Crippen molar-refractivity contribution < 1.29 is 24.2 Å². The first-order valence-corrected chi connectivity index (χ1v) is 8.47. The minimum absolute atomic E-state index is 0.193. The summed E-state index contributed by atoms with van der Waals surface area (Å²) in [6.07, 6.45) is 2.46. The molecule has 0 aliphatic rings. The summed E-state index contributed by atoms with van der Waals surface area (Å²) in [5.74, 6) is -0.592. The molecule has 0 saturated heterocycles. The number of hydrogen-bond acceptors (Lipinski definition) is 4. The number of rotatable bonds is 7. The van der Waals surface area contributed by atoms with E-state index in [1.165, 1.54) is 13.2 Å². The summed E-state index contributed by atoms with van der Waals surface area (Å²) < 4.78 is 11.4. The van der Waals surface area contributed by atoms with Gasteiger partial charge in [0, 0.05) is 16.2 Å². The molecule has 0 heterocycles. The minimum atomic E-state index is -1.05. The normalized spacial score (nSPS) is 10.6. The number of amides is 1. The number of carboxylic acids is 1. The highest BCUT2D eigenvalue weighted by Gasteiger charge is 2.12. The van der Waals surface area contributed by atoms with Gasteiger partial charge in [0.2, 0.25) is 0 Å². The second-order valence-corrected chi connectivity index (χ2v) is 6.20. The Morgan fingerprint density at radius 1 is 1.23 bits per heavy atom. The van der Waals surface area contributed by atoms with Crippen LogP contribution < -0.4 is 14.8 Å². The first-order valence-electron chi connectivity index (χ1n) is 7.67. The van der Waals surface area contributed by atoms with Crippen LogP contribution in [-0.4, -0.2) is 30.7 Å². The lowest BCUT2D eigenvalue weighted by Crippen LogP contribution is -2.20. The lowest BCUT2D eigenvalue weighted by molar-refractivity contribution is -0.131. The quantitative estimate of drug-likeness (QED) is 0.665. The fraction of sp³-hybridized carbons (Fsp3) is 0.158. The van der Waals surface area contributed by atoms with Crippen molar-refractivity contribution in [1.82, 2.24) is 0 Å². The lowest BCUT2D eigenvalue weighted by Gasteiger charge is -2.13. The van der Waals surface area contributed by atoms with Gasteiger partial charge in [-0.2, -0.15) is 0 Å². The monoisotopic (exact) mass is 419 g/mol. The van der Waals surface area contributed by atoms with Gasteiger partial charge in [-0.1, -0.05) is 34.1 Å². The van der Waals surface area contributed by atoms with Gasteiger partial charge in [-0.3, -0.25) is 4.79 Å². The molecule has 0 aliphatic heterocycles. The maximum atomic E-state index is 12.1. The Bertz CT molecular complexity index is 848. The zero-order chi connectivity index (χ0) is 19.1. The molecule has 2 aromatic rings. The summed E-state index contributed by atoms with van der Waals surface area (Å²) in [6, 6.07) is 10.7. The highest BCUT2D eigenvalue weighted by Crippen LogP contribution is 2.34. The highest BCUT2D eigenvalue weighted by atomic mass is 79.9. The number of carbonyl (C=O) groups excluding carboxylic acids is 1. The van der Waals surface area contributed by atoms with Crippen LogP contribution in [0.3, 0.4) is 0 Å². The highest BCUT2D eigenvalue weighted by molar-refractivity contribution is 9.10. The van der Waals surface area contributed by atoms with Crippen molar-refractivity contribution in [2.24, 2.45) is 0 Å². The Morgan fingerprint density at radius 3 is 2.62 bits per heavy atom. The summed E-state index contributed by atoms with van der Waals surface area (Å²) in [5.41, 5.74) is 2.29. The number of para-hydroxylation sites is 1. The van der Waals surface area contributed by atoms with Crippen LogP contribution in [0.5, 0.6) is 11.5 Å². The standard InChI is InChI=1S/C19H18BrNO5/c1-12-5-3-4-6-15(12)21-18(22)11-26-17-10-14(20)13(7-8-19(23)24)9-16(17)25-2/h3-10H,11H2,1-2H3,(H,21,22)(H,23,24)/b8-7+. The summed E-state index contributed by atoms with van der Waals surface area (Å²) in [7, 11) is 1.47. The molecule has 0 atom stereocenters. The van der Waals surface area contributed by atoms with Gasteiger partial charge in [-0.05, 0) is 42.3 Å². The topological polar surface area (TPSA) is 84.9 Å². The van der Waals surface area contributed by atoms with Gasteiger partial charge in [0.1, 0.15) is 0 Å². The van der Waals surface area contributed by atoms with Crippen LogP contribution in [0, 0.1) is 6.92 Å². The molecule has 0 fully saturated rings. The number of halogens is 1. The number of carbonyl (C=O) groups is 2. The third-order valence-electron chi connectivity index (χ3n) is 3.47. The van der Waals surface area contributed by atoms with E-state index in [2.05, 4.69) is 21.2 Å². The van der Waals surface area contributed by atoms with Crippen LogP contribution in [0.25, 0.3) is 6.08 Å². The predicted molar refractivity (Wildman–Crippen MR) is 103 cm³/mol. The molecule has 0 radical (unpaired) electrons. The van der Waals surface area contributed by atoms with Gasteiger partial charge in [-0.15, -0.1) is 0 Å². The molecule has 0 spiro atoms. The van der Waals surface area contributed by atoms with Crippen molar-refractivity contribution >= 4 is 39.6 Å². The molecule has 0 aromatic heterocycles. The Morgan fingerprint density at radius 2 is 1.96 bits per heavy atom. The molecule has 136 valence electrons. The average molecular weight is 420 g/mol. The number of ether oxygens (including phenoxy) is 2. The number of nitrogens with one attached hydrogen (secondary N) is 1. The van der Waals surface area contributed by atoms with E-state index in [1.807, 2.05) is 31.2 Å². The number of aliphatic carboxylic acids is 1. The van der Waals surface area contributed by atoms with Gasteiger partial charge >= 0.3 is 5.97 Å². The summed E-state index contributed by atoms with van der Waals surface area (Å²) in [4.78, 5) is 22.8. The summed E-state index contributed by atoms with van der Waals surface area (Å²) >= 11 is 3.35. The molecule has 1 amide bonds. The molecule has 2 rings (SSSR count). The van der Waals surface area contributed by atoms with Crippen molar-refractivity contribution in [3.63, 3.8) is 0 Å². The maximum Gasteiger partial charge on any atom is 0.328 e. The van der Waals surface area contributed by atoms with Crippen LogP contribution in [0.15, 0.2) is 46.9 Å². The molecule has 0 bridgehead atoms. The number of hydrogen-bond donors (Lipinski definition) is 2. The molecule has 0 aliphatic carbocycles. The second-order valence-electron chi connectivity index (χ2n) is 5.35. The van der Waals surface area contributed by atoms with E-state index in [0.717, 1.165) is 17.3 Å². The zero-order valence-electron chi connectivity index (χ0n) is 14.3. The third-order valence-corrected chi connectivity index (χ3v) is 4.15. The van der Waals surface area contributed by atoms with Crippen LogP contribution in [0.4, 0.5) is 5.69 Å². The van der Waals surface area contributed by atoms with Crippen LogP contribution in [0.1, 0.15) is 11.1 Å². The maximum absolute atomic E-state index is 12.1. The molecule has 26 heavy (non-hydrogen) atoms. The van der Waals surface area contributed by atoms with Crippen molar-refractivity contribution in [3.8, 4) is 11.5 Å². The van der Waals surface area contributed by atoms with E-state index in [1.54, 1.807) is 12.1 Å². The fourth-order valence-corrected chi connectivity index (χ4v) is 2.61. The van der Waals surface area contributed by atoms with E-state index in [9.17, 15) is 9.59 Å². The number of methoxy groups -OCH3 is 1. The number of aryl methyl sites for hydroxylation is 1. The molecular weight excluding hydrogens is 402 g/mol. The predicted octanol–water partition coefficient (Wildman–Crippen LogP) is 3.88. The van der Waals surface area contributed by atoms with E-state index in [-0.39, 0.29) is 12.5 Å². The largest absolute Gasteiger partial charge is 0.493 e. The number of benzene rings is 2. The Balaban J connectivity index is 2.09. The molecule has 0 saturated carbocycles. The smallest absolute Gasteiger partial charge is 0.328 e. The van der Waals surface area contributed by atoms with Crippen molar-refractivity contribution in [2.45, 2.75) is 6.92 Å². The third kappa shape index (κ3) is 5.35. The number of anilines is 1. The average Bonchev–Trinajstić information content (AvgIpc) is 2.60. The van der Waals surface area contributed by atoms with E-state index >= 15 is 0 Å². The number of carboxylic acid groups (broad SMARTS) is 1. The lowest BCUT2D eigenvalue weighted by atomic mass is 10.2. The second kappa shape index (κ2) is 9.05. The minimum Gasteiger partial charge on any atom is -0.493 e. The summed E-state index contributed by atoms with van der Waals surface area (Å²) in [5, 5.41) is 11.5. The molecule has 2 aromatic carbocycles. The molecule has 7 heteroatoms. The zero-order valence-corrected chi connectivity index (χ0v) is 15.9. The molecule has 6 nitrogen and oxygen atoms in total. The SMILES string of the molecule is COc1cc(/C=C/C(=O)O)c(Br)cc1OCC(=O)Nc1ccccc1C. The van der Waals surface area contributed by atoms with Crippen LogP contribution >= 0.6 is 15.9 Å². The molecular formula is C19H18BrNO5. The van der Waals surface area contributed by atoms with Crippen molar-refractivity contribution in [1.29, 1.82) is 0 Å². The first kappa shape index (κ1) is 19.5. The van der Waals surface area contributed by atoms with Gasteiger partial charge in [0.25, 0.3) is 5.91 Å². The molecule has 0 unspecified atom stereocenters. The van der Waals surface area contributed by atoms with Gasteiger partial charge < -0.3 is 19.9 Å². The van der Waals surface area contributed by atoms with E-state index in [4.69, 9.17) is 14.6 Å².